The number of nitrogens with zero attached hydrogens (tertiary/aromatic N) is 3. The van der Waals surface area contributed by atoms with E-state index in [1.807, 2.05) is 13.1 Å². The Morgan fingerprint density at radius 1 is 1.40 bits per heavy atom. The molecule has 3 rings (SSSR count). The first-order chi connectivity index (χ1) is 14.5. The predicted octanol–water partition coefficient (Wildman–Crippen LogP) is 3.47. The quantitative estimate of drug-likeness (QED) is 0.414. The van der Waals surface area contributed by atoms with E-state index in [0.29, 0.717) is 30.4 Å². The van der Waals surface area contributed by atoms with Crippen LogP contribution in [0, 0.1) is 12.8 Å². The number of ether oxygens (including phenoxy) is 1. The first-order valence-corrected chi connectivity index (χ1v) is 10.8. The zero-order chi connectivity index (χ0) is 21.5. The number of hydrogen-bond acceptors (Lipinski definition) is 6. The molecule has 1 atom stereocenters. The fourth-order valence-corrected chi connectivity index (χ4v) is 3.46. The Kier molecular flexibility index (Phi) is 7.69. The first-order valence-electron chi connectivity index (χ1n) is 10.2. The largest absolute Gasteiger partial charge is 0.469 e. The first kappa shape index (κ1) is 22.1. The molecule has 1 aliphatic heterocycles. The Balaban J connectivity index is 1.94. The van der Waals surface area contributed by atoms with E-state index in [9.17, 15) is 4.79 Å². The van der Waals surface area contributed by atoms with Crippen LogP contribution in [0.1, 0.15) is 43.7 Å². The molecule has 1 aliphatic carbocycles. The van der Waals surface area contributed by atoms with Gasteiger partial charge in [0.2, 0.25) is 0 Å². The summed E-state index contributed by atoms with van der Waals surface area (Å²) in [6.07, 6.45) is 8.67. The van der Waals surface area contributed by atoms with Crippen molar-refractivity contribution >= 4 is 38.4 Å². The number of carbonyl (C=O) groups excluding carboxylic acids is 1. The van der Waals surface area contributed by atoms with Gasteiger partial charge in [0.05, 0.1) is 13.5 Å². The Bertz CT molecular complexity index is 956. The van der Waals surface area contributed by atoms with Crippen LogP contribution in [0.3, 0.4) is 0 Å². The molecule has 0 amide bonds. The highest BCUT2D eigenvalue weighted by Crippen LogP contribution is 2.38. The molecule has 6 nitrogen and oxygen atoms in total. The average Bonchev–Trinajstić information content (AvgIpc) is 3.57. The topological polar surface area (TPSA) is 75.4 Å². The van der Waals surface area contributed by atoms with Crippen molar-refractivity contribution in [3.8, 4) is 0 Å². The van der Waals surface area contributed by atoms with Gasteiger partial charge in [-0.1, -0.05) is 17.7 Å². The Morgan fingerprint density at radius 2 is 2.20 bits per heavy atom. The third-order valence-corrected chi connectivity index (χ3v) is 5.45. The van der Waals surface area contributed by atoms with Crippen molar-refractivity contribution in [3.05, 3.63) is 52.9 Å². The van der Waals surface area contributed by atoms with Crippen LogP contribution in [-0.4, -0.2) is 37.5 Å². The minimum atomic E-state index is -0.314. The van der Waals surface area contributed by atoms with E-state index in [4.69, 9.17) is 14.7 Å². The van der Waals surface area contributed by atoms with E-state index in [1.165, 1.54) is 25.5 Å². The van der Waals surface area contributed by atoms with Gasteiger partial charge in [0.25, 0.3) is 0 Å². The maximum Gasteiger partial charge on any atom is 0.311 e. The van der Waals surface area contributed by atoms with Crippen molar-refractivity contribution in [1.29, 1.82) is 0 Å². The Morgan fingerprint density at radius 3 is 2.90 bits per heavy atom. The number of aryl methyl sites for hydroxylation is 1. The summed E-state index contributed by atoms with van der Waals surface area (Å²) < 4.78 is 4.85. The zero-order valence-electron chi connectivity index (χ0n) is 17.8. The van der Waals surface area contributed by atoms with Gasteiger partial charge in [0, 0.05) is 36.6 Å². The molecule has 0 bridgehead atoms. The molecule has 0 saturated heterocycles. The van der Waals surface area contributed by atoms with Crippen molar-refractivity contribution in [1.82, 2.24) is 5.32 Å². The molecule has 0 aromatic heterocycles. The van der Waals surface area contributed by atoms with Crippen LogP contribution in [0.4, 0.5) is 0 Å². The van der Waals surface area contributed by atoms with Crippen molar-refractivity contribution in [2.45, 2.75) is 39.5 Å². The van der Waals surface area contributed by atoms with Gasteiger partial charge in [-0.15, -0.1) is 9.24 Å². The summed E-state index contributed by atoms with van der Waals surface area (Å²) in [7, 11) is 4.15. The smallest absolute Gasteiger partial charge is 0.311 e. The summed E-state index contributed by atoms with van der Waals surface area (Å²) in [6, 6.07) is 6.22. The number of carbonyl (C=O) groups is 1. The van der Waals surface area contributed by atoms with E-state index >= 15 is 0 Å². The molecule has 1 aromatic rings. The standard InChI is InChI=1S/C23H29N4O2P/c1-4-24-10-9-18(13-22(28)29-3)26-21-12-17(16-6-7-16)14-25-23(27-21)19-11-15(2)5-8-20(19)30/h5,8-11,14,16H,4,6-7,12-13,30H2,1-3H3,(H,25,26,27)/b18-9+,24-10?. The fraction of sp³-hybridized carbons (Fsp3) is 0.391. The van der Waals surface area contributed by atoms with Gasteiger partial charge in [-0.05, 0) is 55.6 Å². The number of allylic oxidation sites excluding steroid dienone is 1. The highest BCUT2D eigenvalue weighted by Gasteiger charge is 2.28. The number of nitrogens with one attached hydrogen (secondary N) is 1. The third-order valence-electron chi connectivity index (χ3n) is 4.95. The summed E-state index contributed by atoms with van der Waals surface area (Å²) in [5.74, 6) is 1.70. The lowest BCUT2D eigenvalue weighted by molar-refractivity contribution is -0.139. The number of aliphatic imine (C=N–C) groups is 3. The number of methoxy groups -OCH3 is 1. The molecule has 1 saturated carbocycles. The summed E-state index contributed by atoms with van der Waals surface area (Å²) >= 11 is 0. The molecule has 1 N–H and O–H groups in total. The number of hydrogen-bond donors (Lipinski definition) is 1. The van der Waals surface area contributed by atoms with Crippen molar-refractivity contribution < 1.29 is 9.53 Å². The lowest BCUT2D eigenvalue weighted by Gasteiger charge is -2.14. The second-order valence-electron chi connectivity index (χ2n) is 7.47. The number of esters is 1. The van der Waals surface area contributed by atoms with Crippen molar-refractivity contribution in [2.75, 3.05) is 13.7 Å². The average molecular weight is 424 g/mol. The van der Waals surface area contributed by atoms with Crippen LogP contribution in [0.25, 0.3) is 0 Å². The van der Waals surface area contributed by atoms with E-state index in [0.717, 1.165) is 22.3 Å². The van der Waals surface area contributed by atoms with Crippen LogP contribution in [0.5, 0.6) is 0 Å². The summed E-state index contributed by atoms with van der Waals surface area (Å²) in [5.41, 5.74) is 4.11. The highest BCUT2D eigenvalue weighted by molar-refractivity contribution is 7.27. The van der Waals surface area contributed by atoms with E-state index in [2.05, 4.69) is 44.7 Å². The molecular weight excluding hydrogens is 395 g/mol. The number of rotatable bonds is 7. The maximum atomic E-state index is 11.9. The van der Waals surface area contributed by atoms with Gasteiger partial charge in [-0.25, -0.2) is 9.98 Å². The van der Waals surface area contributed by atoms with Crippen LogP contribution >= 0.6 is 9.24 Å². The summed E-state index contributed by atoms with van der Waals surface area (Å²) in [4.78, 5) is 25.7. The number of amidine groups is 2. The van der Waals surface area contributed by atoms with Crippen molar-refractivity contribution in [3.63, 3.8) is 0 Å². The lowest BCUT2D eigenvalue weighted by Crippen LogP contribution is -2.27. The Labute approximate surface area is 180 Å². The molecule has 1 heterocycles. The number of benzene rings is 1. The van der Waals surface area contributed by atoms with Gasteiger partial charge in [-0.2, -0.15) is 0 Å². The highest BCUT2D eigenvalue weighted by atomic mass is 31.0. The van der Waals surface area contributed by atoms with E-state index in [1.54, 1.807) is 12.3 Å². The lowest BCUT2D eigenvalue weighted by atomic mass is 10.1. The van der Waals surface area contributed by atoms with Gasteiger partial charge >= 0.3 is 5.97 Å². The molecule has 158 valence electrons. The molecule has 0 radical (unpaired) electrons. The minimum Gasteiger partial charge on any atom is -0.469 e. The Hall–Kier alpha value is -2.59. The van der Waals surface area contributed by atoms with Crippen LogP contribution in [0.2, 0.25) is 0 Å². The molecule has 0 spiro atoms. The molecule has 2 aliphatic rings. The molecule has 1 fully saturated rings. The molecule has 7 heteroatoms. The molecule has 30 heavy (non-hydrogen) atoms. The van der Waals surface area contributed by atoms with Gasteiger partial charge in [0.1, 0.15) is 5.84 Å². The summed E-state index contributed by atoms with van der Waals surface area (Å²) in [5, 5.41) is 4.40. The predicted molar refractivity (Wildman–Crippen MR) is 127 cm³/mol. The molecule has 1 unspecified atom stereocenters. The fourth-order valence-electron chi connectivity index (χ4n) is 3.15. The van der Waals surface area contributed by atoms with Crippen molar-refractivity contribution in [2.24, 2.45) is 20.9 Å². The normalized spacial score (nSPS) is 17.2. The minimum absolute atomic E-state index is 0.125. The van der Waals surface area contributed by atoms with Crippen LogP contribution in [-0.2, 0) is 9.53 Å². The molecule has 1 aromatic carbocycles. The molecular formula is C23H29N4O2P. The second-order valence-corrected chi connectivity index (χ2v) is 8.10. The monoisotopic (exact) mass is 424 g/mol. The van der Waals surface area contributed by atoms with Gasteiger partial charge < -0.3 is 10.1 Å². The van der Waals surface area contributed by atoms with E-state index in [-0.39, 0.29) is 12.4 Å². The SMILES string of the molecule is CCN=C/C=C(\CC(=O)OC)NC1=NC(c2cc(C)ccc2P)=NC=C(C2CC2)C1. The third kappa shape index (κ3) is 6.20. The van der Waals surface area contributed by atoms with Gasteiger partial charge in [-0.3, -0.25) is 9.79 Å². The zero-order valence-corrected chi connectivity index (χ0v) is 19.0. The van der Waals surface area contributed by atoms with Crippen LogP contribution in [0.15, 0.2) is 56.7 Å². The van der Waals surface area contributed by atoms with E-state index < -0.39 is 0 Å². The van der Waals surface area contributed by atoms with Gasteiger partial charge in [0.15, 0.2) is 5.84 Å². The van der Waals surface area contributed by atoms with Crippen LogP contribution < -0.4 is 10.6 Å². The maximum absolute atomic E-state index is 11.9. The summed E-state index contributed by atoms with van der Waals surface area (Å²) in [6.45, 7) is 4.70. The second kappa shape index (κ2) is 10.4.